The molecule has 0 unspecified atom stereocenters. The number of hydrogen-bond acceptors (Lipinski definition) is 2. The molecular weight excluding hydrogens is 305 g/mol. The molecule has 1 aromatic carbocycles. The first-order valence-corrected chi connectivity index (χ1v) is 5.71. The molecule has 0 heterocycles. The predicted octanol–water partition coefficient (Wildman–Crippen LogP) is 3.86. The molecule has 0 spiro atoms. The second kappa shape index (κ2) is 6.15. The zero-order chi connectivity index (χ0) is 12.1. The molecule has 2 nitrogen and oxygen atoms in total. The lowest BCUT2D eigenvalue weighted by atomic mass is 10.1. The normalized spacial score (nSPS) is 10.6. The number of carbonyl (C=O) groups is 1. The van der Waals surface area contributed by atoms with Crippen LogP contribution >= 0.6 is 27.5 Å². The molecular formula is C10H8BrClF2O2. The standard InChI is InChI=1S/C10H8BrClF2O2/c11-7-2-1-6(8(15)3-4-12)5-9(7)16-10(13)14/h1-2,5,10H,3-4H2. The maximum atomic E-state index is 12.0. The highest BCUT2D eigenvalue weighted by Gasteiger charge is 2.12. The van der Waals surface area contributed by atoms with Gasteiger partial charge in [0.05, 0.1) is 4.47 Å². The first-order chi connectivity index (χ1) is 7.54. The average Bonchev–Trinajstić information content (AvgIpc) is 2.21. The Labute approximate surface area is 105 Å². The second-order valence-corrected chi connectivity index (χ2v) is 4.12. The highest BCUT2D eigenvalue weighted by Crippen LogP contribution is 2.28. The third-order valence-electron chi connectivity index (χ3n) is 1.79. The molecule has 0 N–H and O–H groups in total. The highest BCUT2D eigenvalue weighted by molar-refractivity contribution is 9.10. The number of ether oxygens (including phenoxy) is 1. The van der Waals surface area contributed by atoms with Crippen LogP contribution in [-0.4, -0.2) is 18.3 Å². The Kier molecular flexibility index (Phi) is 5.15. The zero-order valence-corrected chi connectivity index (χ0v) is 10.4. The summed E-state index contributed by atoms with van der Waals surface area (Å²) < 4.78 is 28.7. The Morgan fingerprint density at radius 1 is 1.50 bits per heavy atom. The molecule has 0 radical (unpaired) electrons. The molecule has 0 saturated carbocycles. The van der Waals surface area contributed by atoms with Crippen molar-refractivity contribution in [1.29, 1.82) is 0 Å². The minimum Gasteiger partial charge on any atom is -0.434 e. The Morgan fingerprint density at radius 2 is 2.19 bits per heavy atom. The molecule has 1 aromatic rings. The van der Waals surface area contributed by atoms with E-state index in [1.807, 2.05) is 0 Å². The van der Waals surface area contributed by atoms with Gasteiger partial charge in [-0.1, -0.05) is 6.07 Å². The van der Waals surface area contributed by atoms with Crippen molar-refractivity contribution >= 4 is 33.3 Å². The van der Waals surface area contributed by atoms with Gasteiger partial charge in [0.15, 0.2) is 5.78 Å². The van der Waals surface area contributed by atoms with Crippen molar-refractivity contribution in [3.63, 3.8) is 0 Å². The highest BCUT2D eigenvalue weighted by atomic mass is 79.9. The topological polar surface area (TPSA) is 26.3 Å². The van der Waals surface area contributed by atoms with Crippen LogP contribution in [0.2, 0.25) is 0 Å². The van der Waals surface area contributed by atoms with Crippen molar-refractivity contribution < 1.29 is 18.3 Å². The van der Waals surface area contributed by atoms with E-state index in [1.54, 1.807) is 0 Å². The number of carbonyl (C=O) groups excluding carboxylic acids is 1. The van der Waals surface area contributed by atoms with E-state index in [9.17, 15) is 13.6 Å². The van der Waals surface area contributed by atoms with Crippen molar-refractivity contribution in [1.82, 2.24) is 0 Å². The van der Waals surface area contributed by atoms with Crippen LogP contribution in [0.5, 0.6) is 5.75 Å². The smallest absolute Gasteiger partial charge is 0.387 e. The summed E-state index contributed by atoms with van der Waals surface area (Å²) in [5, 5.41) is 0. The van der Waals surface area contributed by atoms with E-state index in [2.05, 4.69) is 20.7 Å². The van der Waals surface area contributed by atoms with E-state index in [0.29, 0.717) is 10.0 Å². The third-order valence-corrected chi connectivity index (χ3v) is 2.63. The quantitative estimate of drug-likeness (QED) is 0.609. The molecule has 0 atom stereocenters. The van der Waals surface area contributed by atoms with Gasteiger partial charge in [0.2, 0.25) is 0 Å². The second-order valence-electron chi connectivity index (χ2n) is 2.89. The molecule has 0 aliphatic rings. The summed E-state index contributed by atoms with van der Waals surface area (Å²) in [4.78, 5) is 11.5. The summed E-state index contributed by atoms with van der Waals surface area (Å²) in [5.74, 6) is -0.0723. The van der Waals surface area contributed by atoms with Gasteiger partial charge in [-0.05, 0) is 28.1 Å². The molecule has 0 aliphatic heterocycles. The lowest BCUT2D eigenvalue weighted by molar-refractivity contribution is -0.0503. The van der Waals surface area contributed by atoms with E-state index >= 15 is 0 Å². The monoisotopic (exact) mass is 312 g/mol. The fraction of sp³-hybridized carbons (Fsp3) is 0.300. The van der Waals surface area contributed by atoms with E-state index in [1.165, 1.54) is 18.2 Å². The minimum absolute atomic E-state index is 0.0598. The number of Topliss-reactive ketones (excluding diaryl/α,β-unsaturated/α-hetero) is 1. The Bertz CT molecular complexity index is 385. The summed E-state index contributed by atoms with van der Waals surface area (Å²) in [7, 11) is 0. The van der Waals surface area contributed by atoms with E-state index in [-0.39, 0.29) is 23.8 Å². The van der Waals surface area contributed by atoms with Crippen LogP contribution < -0.4 is 4.74 Å². The number of alkyl halides is 3. The number of hydrogen-bond donors (Lipinski definition) is 0. The lowest BCUT2D eigenvalue weighted by Crippen LogP contribution is -2.05. The van der Waals surface area contributed by atoms with Crippen LogP contribution in [0.3, 0.4) is 0 Å². The van der Waals surface area contributed by atoms with E-state index in [0.717, 1.165) is 0 Å². The van der Waals surface area contributed by atoms with Crippen molar-refractivity contribution in [2.75, 3.05) is 5.88 Å². The fourth-order valence-electron chi connectivity index (χ4n) is 1.09. The molecule has 88 valence electrons. The summed E-state index contributed by atoms with van der Waals surface area (Å²) in [6.45, 7) is -2.92. The number of rotatable bonds is 5. The van der Waals surface area contributed by atoms with Gasteiger partial charge >= 0.3 is 6.61 Å². The van der Waals surface area contributed by atoms with Crippen molar-refractivity contribution in [3.05, 3.63) is 28.2 Å². The van der Waals surface area contributed by atoms with Gasteiger partial charge in [-0.15, -0.1) is 11.6 Å². The molecule has 0 saturated heterocycles. The van der Waals surface area contributed by atoms with Crippen LogP contribution in [0.15, 0.2) is 22.7 Å². The number of ketones is 1. The summed E-state index contributed by atoms with van der Waals surface area (Å²) >= 11 is 8.47. The molecule has 0 aromatic heterocycles. The zero-order valence-electron chi connectivity index (χ0n) is 8.05. The van der Waals surface area contributed by atoms with Crippen molar-refractivity contribution in [3.8, 4) is 5.75 Å². The summed E-state index contributed by atoms with van der Waals surface area (Å²) in [6.07, 6.45) is 0.164. The molecule has 16 heavy (non-hydrogen) atoms. The van der Waals surface area contributed by atoms with Gasteiger partial charge in [0, 0.05) is 17.9 Å². The average molecular weight is 314 g/mol. The number of benzene rings is 1. The third kappa shape index (κ3) is 3.72. The van der Waals surface area contributed by atoms with Crippen LogP contribution in [0, 0.1) is 0 Å². The molecule has 0 amide bonds. The predicted molar refractivity (Wildman–Crippen MR) is 60.4 cm³/mol. The van der Waals surface area contributed by atoms with Gasteiger partial charge in [-0.25, -0.2) is 0 Å². The molecule has 0 aliphatic carbocycles. The van der Waals surface area contributed by atoms with E-state index < -0.39 is 6.61 Å². The van der Waals surface area contributed by atoms with Gasteiger partial charge in [0.1, 0.15) is 5.75 Å². The largest absolute Gasteiger partial charge is 0.434 e. The first-order valence-electron chi connectivity index (χ1n) is 4.38. The Balaban J connectivity index is 2.93. The maximum absolute atomic E-state index is 12.0. The lowest BCUT2D eigenvalue weighted by Gasteiger charge is -2.08. The SMILES string of the molecule is O=C(CCCl)c1ccc(Br)c(OC(F)F)c1. The maximum Gasteiger partial charge on any atom is 0.387 e. The van der Waals surface area contributed by atoms with Gasteiger partial charge in [0.25, 0.3) is 0 Å². The van der Waals surface area contributed by atoms with Crippen molar-refractivity contribution in [2.24, 2.45) is 0 Å². The molecule has 1 rings (SSSR count). The van der Waals surface area contributed by atoms with Crippen LogP contribution in [0.25, 0.3) is 0 Å². The fourth-order valence-corrected chi connectivity index (χ4v) is 1.60. The van der Waals surface area contributed by atoms with Crippen LogP contribution in [0.4, 0.5) is 8.78 Å². The van der Waals surface area contributed by atoms with Crippen LogP contribution in [-0.2, 0) is 0 Å². The first kappa shape index (κ1) is 13.4. The van der Waals surface area contributed by atoms with Gasteiger partial charge in [-0.3, -0.25) is 4.79 Å². The Morgan fingerprint density at radius 3 is 2.75 bits per heavy atom. The summed E-state index contributed by atoms with van der Waals surface area (Å²) in [6, 6.07) is 4.28. The number of halogens is 4. The molecule has 0 fully saturated rings. The van der Waals surface area contributed by atoms with Gasteiger partial charge in [-0.2, -0.15) is 8.78 Å². The summed E-state index contributed by atoms with van der Waals surface area (Å²) in [5.41, 5.74) is 0.305. The van der Waals surface area contributed by atoms with Gasteiger partial charge < -0.3 is 4.74 Å². The van der Waals surface area contributed by atoms with E-state index in [4.69, 9.17) is 11.6 Å². The Hall–Kier alpha value is -0.680. The van der Waals surface area contributed by atoms with Crippen LogP contribution in [0.1, 0.15) is 16.8 Å². The molecule has 0 bridgehead atoms. The molecule has 6 heteroatoms. The van der Waals surface area contributed by atoms with Crippen molar-refractivity contribution in [2.45, 2.75) is 13.0 Å². The minimum atomic E-state index is -2.92.